The molecule has 0 atom stereocenters. The van der Waals surface area contributed by atoms with E-state index in [1.807, 2.05) is 118 Å². The molecule has 16 rings (SSSR count). The normalized spacial score (nSPS) is 12.9. The average Bonchev–Trinajstić information content (AvgIpc) is 1.36. The van der Waals surface area contributed by atoms with Crippen molar-refractivity contribution in [2.75, 3.05) is 37.2 Å². The number of rotatable bonds is 14. The molecule has 7 aromatic heterocycles. The van der Waals surface area contributed by atoms with Gasteiger partial charge in [0.15, 0.2) is 26.7 Å². The molecule has 9 heterocycles. The van der Waals surface area contributed by atoms with Crippen LogP contribution in [-0.2, 0) is 38.8 Å². The second kappa shape index (κ2) is 29.3. The molecule has 1 amide bonds. The molecule has 0 spiro atoms. The van der Waals surface area contributed by atoms with E-state index in [0.717, 1.165) is 126 Å². The van der Waals surface area contributed by atoms with Crippen molar-refractivity contribution in [3.8, 4) is 34.2 Å². The molecule has 2 aliphatic heterocycles. The van der Waals surface area contributed by atoms with Crippen molar-refractivity contribution < 1.29 is 18.4 Å². The zero-order valence-corrected chi connectivity index (χ0v) is 56.8. The second-order valence-corrected chi connectivity index (χ2v) is 27.0. The number of nitrogens with one attached hydrogen (secondary N) is 1. The van der Waals surface area contributed by atoms with Crippen LogP contribution in [0.5, 0.6) is 0 Å². The number of thioether (sulfide) groups is 1. The number of carbonyl (C=O) groups excluding carboxylic acids is 2. The van der Waals surface area contributed by atoms with E-state index in [-0.39, 0.29) is 27.5 Å². The standard InChI is InChI=1S/C35H31N7O3.C25H27N7.C17H9NO3S2/c1-22-17-29(30(18-23(22)2)37-35(44)33-19-31(43)28-5-3-4-6-32(28)45-33)34-38-40-42(39-34)27-9-7-24(8-10-27)12-15-41-16-13-25-20-36-14-11-26(25)21-41;1-17-13-23(24(26)14-18(17)2)25-28-30-32(29-25)22-5-3-19(4-6-22)8-11-31-12-9-20-15-27-10-7-21(20)16-31;19-12-9-14(21-13-7-3-1-5-10(12)13)16(20)23-17-18-11-6-2-4-8-15(11)22-17/h3-11,14,17-20H,12-13,15-16,21H2,1-2H3,(H,37,44);3-7,10,13-15H,8-9,11-12,16,26H2,1-2H3;1-9H. The number of nitrogen functional groups attached to an aromatic ring is 1. The number of carbonyl (C=O) groups is 2. The number of thiazole rings is 1. The van der Waals surface area contributed by atoms with Gasteiger partial charge < -0.3 is 19.9 Å². The molecule has 2 aliphatic rings. The fourth-order valence-electron chi connectivity index (χ4n) is 12.0. The van der Waals surface area contributed by atoms with Gasteiger partial charge >= 0.3 is 0 Å². The van der Waals surface area contributed by atoms with E-state index in [1.54, 1.807) is 53.3 Å². The van der Waals surface area contributed by atoms with Gasteiger partial charge in [-0.15, -0.1) is 41.3 Å². The number of nitrogens with two attached hydrogens (primary N) is 1. The van der Waals surface area contributed by atoms with Crippen LogP contribution < -0.4 is 21.9 Å². The highest BCUT2D eigenvalue weighted by Crippen LogP contribution is 2.34. The quantitative estimate of drug-likeness (QED) is 0.0757. The Morgan fingerprint density at radius 3 is 1.64 bits per heavy atom. The SMILES string of the molecule is Cc1cc(N)c(-c2nnn(-c3ccc(CCN4CCc5cnccc5C4)cc3)n2)cc1C.Cc1cc(NC(=O)c2cc(=O)c3ccccc3o2)c(-c2nnn(-c3ccc(CCN4CCc5cnccc5C4)cc3)n2)cc1C.O=C(Sc1nc2ccccc2s1)c1cc(=O)c2ccccc2o1. The van der Waals surface area contributed by atoms with Crippen molar-refractivity contribution in [3.63, 3.8) is 0 Å². The van der Waals surface area contributed by atoms with Crippen molar-refractivity contribution in [3.05, 3.63) is 282 Å². The Balaban J connectivity index is 0.000000135. The third-order valence-corrected chi connectivity index (χ3v) is 19.9. The van der Waals surface area contributed by atoms with E-state index in [9.17, 15) is 19.2 Å². The number of tetrazole rings is 2. The zero-order valence-electron chi connectivity index (χ0n) is 55.2. The highest BCUT2D eigenvalue weighted by Gasteiger charge is 2.23. The number of nitrogens with zero attached hydrogens (tertiary/aromatic N) is 13. The van der Waals surface area contributed by atoms with Gasteiger partial charge in [0.1, 0.15) is 11.2 Å². The average molecular weight is 1360 g/mol. The summed E-state index contributed by atoms with van der Waals surface area (Å²) in [5, 5.41) is 29.7. The van der Waals surface area contributed by atoms with Gasteiger partial charge in [-0.3, -0.25) is 38.9 Å². The number of para-hydroxylation sites is 3. The van der Waals surface area contributed by atoms with Gasteiger partial charge in [0.05, 0.1) is 38.1 Å². The van der Waals surface area contributed by atoms with Gasteiger partial charge in [-0.25, -0.2) is 4.98 Å². The molecule has 0 aliphatic carbocycles. The Bertz CT molecular complexity index is 5460. The number of amides is 1. The Kier molecular flexibility index (Phi) is 19.3. The maximum absolute atomic E-state index is 13.2. The van der Waals surface area contributed by atoms with Gasteiger partial charge in [-0.1, -0.05) is 60.7 Å². The van der Waals surface area contributed by atoms with Crippen LogP contribution in [0.1, 0.15) is 76.7 Å². The van der Waals surface area contributed by atoms with Crippen LogP contribution in [0, 0.1) is 27.7 Å². The second-order valence-electron chi connectivity index (χ2n) is 24.7. The predicted molar refractivity (Wildman–Crippen MR) is 389 cm³/mol. The summed E-state index contributed by atoms with van der Waals surface area (Å²) in [6, 6.07) is 52.4. The first-order chi connectivity index (χ1) is 48.7. The van der Waals surface area contributed by atoms with Crippen molar-refractivity contribution in [1.29, 1.82) is 0 Å². The summed E-state index contributed by atoms with van der Waals surface area (Å²) in [7, 11) is 0. The van der Waals surface area contributed by atoms with E-state index in [2.05, 4.69) is 104 Å². The van der Waals surface area contributed by atoms with Gasteiger partial charge in [0.25, 0.3) is 11.0 Å². The van der Waals surface area contributed by atoms with Crippen LogP contribution in [0.25, 0.3) is 66.3 Å². The third kappa shape index (κ3) is 15.0. The molecule has 21 nitrogen and oxygen atoms in total. The molecule has 3 N–H and O–H groups in total. The summed E-state index contributed by atoms with van der Waals surface area (Å²) in [5.74, 6) is 0.310. The molecule has 0 unspecified atom stereocenters. The minimum Gasteiger partial charge on any atom is -0.452 e. The first-order valence-electron chi connectivity index (χ1n) is 32.7. The minimum absolute atomic E-state index is 0.0398. The van der Waals surface area contributed by atoms with Crippen molar-refractivity contribution in [2.24, 2.45) is 0 Å². The number of aromatic nitrogens is 11. The van der Waals surface area contributed by atoms with Gasteiger partial charge in [-0.2, -0.15) is 0 Å². The van der Waals surface area contributed by atoms with Crippen molar-refractivity contribution >= 4 is 77.7 Å². The van der Waals surface area contributed by atoms with Crippen LogP contribution in [0.15, 0.2) is 217 Å². The molecular formula is C77H67N15O6S2. The Morgan fingerprint density at radius 2 is 1.06 bits per heavy atom. The van der Waals surface area contributed by atoms with E-state index >= 15 is 0 Å². The fourth-order valence-corrected chi connectivity index (χ4v) is 13.9. The summed E-state index contributed by atoms with van der Waals surface area (Å²) < 4.78 is 13.0. The number of pyridine rings is 2. The van der Waals surface area contributed by atoms with Crippen LogP contribution in [0.4, 0.5) is 11.4 Å². The summed E-state index contributed by atoms with van der Waals surface area (Å²) in [6.45, 7) is 14.2. The predicted octanol–water partition coefficient (Wildman–Crippen LogP) is 13.2. The minimum atomic E-state index is -0.545. The van der Waals surface area contributed by atoms with Crippen LogP contribution in [0.3, 0.4) is 0 Å². The molecule has 14 aromatic rings. The van der Waals surface area contributed by atoms with Crippen LogP contribution in [0.2, 0.25) is 0 Å². The molecule has 0 saturated heterocycles. The lowest BCUT2D eigenvalue weighted by molar-refractivity contribution is 0.0996. The first kappa shape index (κ1) is 65.8. The monoisotopic (exact) mass is 1360 g/mol. The number of anilines is 2. The molecular weight excluding hydrogens is 1300 g/mol. The lowest BCUT2D eigenvalue weighted by Crippen LogP contribution is -2.32. The van der Waals surface area contributed by atoms with E-state index in [1.165, 1.54) is 61.6 Å². The molecule has 0 fully saturated rings. The smallest absolute Gasteiger partial charge is 0.291 e. The number of fused-ring (bicyclic) bond motifs is 5. The maximum atomic E-state index is 13.2. The molecule has 0 radical (unpaired) electrons. The molecule has 100 heavy (non-hydrogen) atoms. The summed E-state index contributed by atoms with van der Waals surface area (Å²) in [4.78, 5) is 71.2. The Morgan fingerprint density at radius 1 is 0.560 bits per heavy atom. The molecule has 0 bridgehead atoms. The number of hydrogen-bond donors (Lipinski definition) is 2. The Labute approximate surface area is 582 Å². The zero-order chi connectivity index (χ0) is 68.8. The van der Waals surface area contributed by atoms with Crippen LogP contribution >= 0.6 is 23.1 Å². The van der Waals surface area contributed by atoms with E-state index < -0.39 is 5.91 Å². The molecule has 0 saturated carbocycles. The van der Waals surface area contributed by atoms with Gasteiger partial charge in [0.2, 0.25) is 11.6 Å². The molecule has 498 valence electrons. The van der Waals surface area contributed by atoms with E-state index in [0.29, 0.717) is 54.9 Å². The number of aryl methyl sites for hydroxylation is 4. The lowest BCUT2D eigenvalue weighted by Gasteiger charge is -2.28. The number of benzene rings is 7. The Hall–Kier alpha value is -11.5. The summed E-state index contributed by atoms with van der Waals surface area (Å²) in [6.07, 6.45) is 11.8. The van der Waals surface area contributed by atoms with Crippen LogP contribution in [-0.4, -0.2) is 102 Å². The molecule has 7 aromatic carbocycles. The lowest BCUT2D eigenvalue weighted by atomic mass is 10.0. The summed E-state index contributed by atoms with van der Waals surface area (Å²) in [5.41, 5.74) is 23.9. The van der Waals surface area contributed by atoms with Gasteiger partial charge in [-0.05, 0) is 228 Å². The highest BCUT2D eigenvalue weighted by atomic mass is 32.2. The molecule has 23 heteroatoms. The third-order valence-electron chi connectivity index (χ3n) is 18.0. The number of hydrogen-bond acceptors (Lipinski definition) is 20. The van der Waals surface area contributed by atoms with Crippen molar-refractivity contribution in [2.45, 2.75) is 70.8 Å². The van der Waals surface area contributed by atoms with E-state index in [4.69, 9.17) is 14.6 Å². The maximum Gasteiger partial charge on any atom is 0.291 e. The van der Waals surface area contributed by atoms with Gasteiger partial charge in [0, 0.05) is 93.0 Å². The van der Waals surface area contributed by atoms with Crippen molar-refractivity contribution in [1.82, 2.24) is 65.2 Å². The summed E-state index contributed by atoms with van der Waals surface area (Å²) >= 11 is 2.41. The fraction of sp³-hybridized carbons (Fsp3) is 0.182. The highest BCUT2D eigenvalue weighted by molar-refractivity contribution is 8.15. The first-order valence-corrected chi connectivity index (χ1v) is 34.3. The largest absolute Gasteiger partial charge is 0.452 e. The topological polar surface area (TPSA) is 265 Å².